The van der Waals surface area contributed by atoms with E-state index >= 15 is 0 Å². The Bertz CT molecular complexity index is 605. The molecule has 0 heterocycles. The molecule has 0 bridgehead atoms. The zero-order valence-corrected chi connectivity index (χ0v) is 17.9. The van der Waals surface area contributed by atoms with Crippen LogP contribution in [0.2, 0.25) is 0 Å². The molecule has 4 rings (SSSR count). The molecule has 4 aliphatic rings. The van der Waals surface area contributed by atoms with E-state index in [1.165, 1.54) is 25.7 Å². The Morgan fingerprint density at radius 2 is 1.68 bits per heavy atom. The highest BCUT2D eigenvalue weighted by Crippen LogP contribution is 2.68. The summed E-state index contributed by atoms with van der Waals surface area (Å²) in [6.45, 7) is 7.16. The maximum Gasteiger partial charge on any atom is 0.303 e. The standard InChI is InChI=1S/C24H40O4/c1-14(4-7-21(27)28)17-5-6-18-22-19(9-11-24(17,18)3)23(2)10-8-16(25)12-15(23)13-20(22)26/h14-20,22,25-26H,4-13H2,1-3H3,(H,27,28)/t14-,15?,16-,17-,18?,19?,20+,22+,23?,24?/m1/s1. The first-order chi connectivity index (χ1) is 13.2. The summed E-state index contributed by atoms with van der Waals surface area (Å²) in [7, 11) is 0. The zero-order chi connectivity index (χ0) is 20.3. The number of fused-ring (bicyclic) bond motifs is 5. The molecular weight excluding hydrogens is 352 g/mol. The SMILES string of the molecule is C[C@H](CCC(=O)O)[C@H]1CCC2[C@H]3C(CCC21C)C1(C)CC[C@@H](O)CC1C[C@@H]3O. The van der Waals surface area contributed by atoms with Crippen molar-refractivity contribution in [3.63, 3.8) is 0 Å². The van der Waals surface area contributed by atoms with E-state index in [-0.39, 0.29) is 29.5 Å². The largest absolute Gasteiger partial charge is 0.481 e. The fraction of sp³-hybridized carbons (Fsp3) is 0.958. The Labute approximate surface area is 170 Å². The highest BCUT2D eigenvalue weighted by Gasteiger charge is 2.62. The van der Waals surface area contributed by atoms with Crippen LogP contribution in [-0.4, -0.2) is 33.5 Å². The van der Waals surface area contributed by atoms with E-state index in [2.05, 4.69) is 20.8 Å². The predicted molar refractivity (Wildman–Crippen MR) is 109 cm³/mol. The molecule has 0 aromatic heterocycles. The summed E-state index contributed by atoms with van der Waals surface area (Å²) in [6, 6.07) is 0. The van der Waals surface area contributed by atoms with Gasteiger partial charge in [-0.25, -0.2) is 0 Å². The van der Waals surface area contributed by atoms with Crippen LogP contribution in [0.5, 0.6) is 0 Å². The summed E-state index contributed by atoms with van der Waals surface area (Å²) in [5.74, 6) is 2.36. The van der Waals surface area contributed by atoms with Gasteiger partial charge in [0.2, 0.25) is 0 Å². The van der Waals surface area contributed by atoms with Gasteiger partial charge in [0.1, 0.15) is 0 Å². The molecule has 4 heteroatoms. The molecule has 4 aliphatic carbocycles. The smallest absolute Gasteiger partial charge is 0.303 e. The lowest BCUT2D eigenvalue weighted by molar-refractivity contribution is -0.174. The molecule has 0 radical (unpaired) electrons. The Morgan fingerprint density at radius 1 is 1.00 bits per heavy atom. The van der Waals surface area contributed by atoms with Gasteiger partial charge >= 0.3 is 5.97 Å². The summed E-state index contributed by atoms with van der Waals surface area (Å²) in [5, 5.41) is 30.5. The topological polar surface area (TPSA) is 77.8 Å². The number of carboxylic acids is 1. The minimum atomic E-state index is -0.684. The maximum absolute atomic E-state index is 11.2. The molecule has 4 nitrogen and oxygen atoms in total. The van der Waals surface area contributed by atoms with Crippen LogP contribution in [0, 0.1) is 46.3 Å². The van der Waals surface area contributed by atoms with Crippen LogP contribution in [0.3, 0.4) is 0 Å². The molecule has 10 atom stereocenters. The lowest BCUT2D eigenvalue weighted by Gasteiger charge is -2.62. The van der Waals surface area contributed by atoms with Gasteiger partial charge in [-0.15, -0.1) is 0 Å². The van der Waals surface area contributed by atoms with Gasteiger partial charge in [0, 0.05) is 6.42 Å². The number of carbonyl (C=O) groups is 1. The summed E-state index contributed by atoms with van der Waals surface area (Å²) in [6.07, 6.45) is 9.19. The molecule has 0 aromatic rings. The first-order valence-corrected chi connectivity index (χ1v) is 11.7. The van der Waals surface area contributed by atoms with Gasteiger partial charge in [0.25, 0.3) is 0 Å². The highest BCUT2D eigenvalue weighted by molar-refractivity contribution is 5.66. The van der Waals surface area contributed by atoms with Crippen LogP contribution < -0.4 is 0 Å². The second-order valence-electron chi connectivity index (χ2n) is 11.4. The van der Waals surface area contributed by atoms with E-state index in [0.29, 0.717) is 35.5 Å². The van der Waals surface area contributed by atoms with Crippen molar-refractivity contribution in [3.05, 3.63) is 0 Å². The maximum atomic E-state index is 11.2. The van der Waals surface area contributed by atoms with E-state index in [0.717, 1.165) is 32.1 Å². The number of hydrogen-bond acceptors (Lipinski definition) is 3. The number of aliphatic hydroxyl groups excluding tert-OH is 2. The number of rotatable bonds is 4. The van der Waals surface area contributed by atoms with E-state index in [9.17, 15) is 15.0 Å². The van der Waals surface area contributed by atoms with E-state index in [1.54, 1.807) is 0 Å². The van der Waals surface area contributed by atoms with Crippen molar-refractivity contribution < 1.29 is 20.1 Å². The molecular formula is C24H40O4. The zero-order valence-electron chi connectivity index (χ0n) is 17.9. The van der Waals surface area contributed by atoms with E-state index < -0.39 is 5.97 Å². The first-order valence-electron chi connectivity index (χ1n) is 11.7. The summed E-state index contributed by atoms with van der Waals surface area (Å²) in [5.41, 5.74) is 0.523. The van der Waals surface area contributed by atoms with Crippen LogP contribution in [-0.2, 0) is 4.79 Å². The molecule has 28 heavy (non-hydrogen) atoms. The fourth-order valence-corrected chi connectivity index (χ4v) is 8.73. The molecule has 3 N–H and O–H groups in total. The Kier molecular flexibility index (Phi) is 5.36. The number of carboxylic acid groups (broad SMARTS) is 1. The van der Waals surface area contributed by atoms with Crippen molar-refractivity contribution in [2.75, 3.05) is 0 Å². The summed E-state index contributed by atoms with van der Waals surface area (Å²) >= 11 is 0. The number of aliphatic hydroxyl groups is 2. The third-order valence-corrected chi connectivity index (χ3v) is 10.2. The predicted octanol–water partition coefficient (Wildman–Crippen LogP) is 4.48. The minimum absolute atomic E-state index is 0.179. The molecule has 5 unspecified atom stereocenters. The van der Waals surface area contributed by atoms with Crippen molar-refractivity contribution >= 4 is 5.97 Å². The van der Waals surface area contributed by atoms with Crippen molar-refractivity contribution in [3.8, 4) is 0 Å². The number of aliphatic carboxylic acids is 1. The summed E-state index contributed by atoms with van der Waals surface area (Å²) < 4.78 is 0. The van der Waals surface area contributed by atoms with Crippen LogP contribution in [0.4, 0.5) is 0 Å². The van der Waals surface area contributed by atoms with Crippen LogP contribution in [0.15, 0.2) is 0 Å². The van der Waals surface area contributed by atoms with Gasteiger partial charge in [-0.3, -0.25) is 4.79 Å². The summed E-state index contributed by atoms with van der Waals surface area (Å²) in [4.78, 5) is 11.1. The van der Waals surface area contributed by atoms with Gasteiger partial charge in [0.15, 0.2) is 0 Å². The molecule has 0 spiro atoms. The van der Waals surface area contributed by atoms with Crippen LogP contribution in [0.25, 0.3) is 0 Å². The van der Waals surface area contributed by atoms with Gasteiger partial charge in [-0.05, 0) is 104 Å². The van der Waals surface area contributed by atoms with E-state index in [1.807, 2.05) is 0 Å². The normalized spacial score (nSPS) is 51.7. The molecule has 4 fully saturated rings. The monoisotopic (exact) mass is 392 g/mol. The number of hydrogen-bond donors (Lipinski definition) is 3. The van der Waals surface area contributed by atoms with Crippen LogP contribution >= 0.6 is 0 Å². The Morgan fingerprint density at radius 3 is 2.39 bits per heavy atom. The first kappa shape index (κ1) is 20.7. The van der Waals surface area contributed by atoms with Gasteiger partial charge in [0.05, 0.1) is 12.2 Å². The van der Waals surface area contributed by atoms with Crippen molar-refractivity contribution in [1.29, 1.82) is 0 Å². The van der Waals surface area contributed by atoms with Gasteiger partial charge in [-0.2, -0.15) is 0 Å². The lowest BCUT2D eigenvalue weighted by atomic mass is 9.43. The second-order valence-corrected chi connectivity index (χ2v) is 11.4. The third kappa shape index (κ3) is 3.14. The van der Waals surface area contributed by atoms with Crippen molar-refractivity contribution in [2.45, 2.75) is 97.2 Å². The lowest BCUT2D eigenvalue weighted by Crippen LogP contribution is -2.58. The highest BCUT2D eigenvalue weighted by atomic mass is 16.4. The fourth-order valence-electron chi connectivity index (χ4n) is 8.73. The average molecular weight is 393 g/mol. The third-order valence-electron chi connectivity index (χ3n) is 10.2. The molecule has 0 aliphatic heterocycles. The van der Waals surface area contributed by atoms with Gasteiger partial charge < -0.3 is 15.3 Å². The van der Waals surface area contributed by atoms with Gasteiger partial charge in [-0.1, -0.05) is 20.8 Å². The molecule has 0 aromatic carbocycles. The van der Waals surface area contributed by atoms with Crippen molar-refractivity contribution in [2.24, 2.45) is 46.3 Å². The average Bonchev–Trinajstić information content (AvgIpc) is 2.98. The van der Waals surface area contributed by atoms with Crippen LogP contribution in [0.1, 0.15) is 85.0 Å². The van der Waals surface area contributed by atoms with Crippen molar-refractivity contribution in [1.82, 2.24) is 0 Å². The Hall–Kier alpha value is -0.610. The minimum Gasteiger partial charge on any atom is -0.481 e. The second kappa shape index (κ2) is 7.27. The molecule has 160 valence electrons. The molecule has 0 amide bonds. The van der Waals surface area contributed by atoms with E-state index in [4.69, 9.17) is 5.11 Å². The Balaban J connectivity index is 1.55. The quantitative estimate of drug-likeness (QED) is 0.659. The molecule has 0 saturated heterocycles. The molecule has 4 saturated carbocycles.